The largest absolute Gasteiger partial charge is 0.494 e. The van der Waals surface area contributed by atoms with Crippen LogP contribution in [0.2, 0.25) is 0 Å². The van der Waals surface area contributed by atoms with Crippen molar-refractivity contribution in [3.63, 3.8) is 0 Å². The van der Waals surface area contributed by atoms with E-state index in [1.807, 2.05) is 43.3 Å². The van der Waals surface area contributed by atoms with E-state index < -0.39 is 6.61 Å². The molecule has 2 nitrogen and oxygen atoms in total. The zero-order chi connectivity index (χ0) is 15.1. The van der Waals surface area contributed by atoms with Gasteiger partial charge in [0.25, 0.3) is 0 Å². The Balaban J connectivity index is 1.87. The van der Waals surface area contributed by atoms with Gasteiger partial charge in [0.1, 0.15) is 11.5 Å². The van der Waals surface area contributed by atoms with Crippen LogP contribution in [0, 0.1) is 0 Å². The van der Waals surface area contributed by atoms with E-state index in [1.165, 1.54) is 5.56 Å². The molecule has 0 radical (unpaired) electrons. The first-order valence-corrected chi connectivity index (χ1v) is 6.93. The molecule has 4 heteroatoms. The molecule has 0 aliphatic rings. The standard InChI is InChI=1S/C17H18F2O2/c1-2-20-15-9-5-13(6-10-15)3-4-14-7-11-16(12-8-14)21-17(18)19/h5-12,17H,2-4H2,1H3. The quantitative estimate of drug-likeness (QED) is 0.749. The molecular formula is C17H18F2O2. The maximum atomic E-state index is 12.0. The van der Waals surface area contributed by atoms with Crippen molar-refractivity contribution in [3.05, 3.63) is 59.7 Å². The van der Waals surface area contributed by atoms with Gasteiger partial charge >= 0.3 is 6.61 Å². The molecule has 2 rings (SSSR count). The van der Waals surface area contributed by atoms with Crippen LogP contribution in [-0.2, 0) is 12.8 Å². The number of ether oxygens (including phenoxy) is 2. The van der Waals surface area contributed by atoms with Gasteiger partial charge in [-0.25, -0.2) is 0 Å². The summed E-state index contributed by atoms with van der Waals surface area (Å²) in [6.45, 7) is -0.165. The first kappa shape index (κ1) is 15.3. The number of hydrogen-bond acceptors (Lipinski definition) is 2. The Labute approximate surface area is 123 Å². The fourth-order valence-electron chi connectivity index (χ4n) is 2.05. The van der Waals surface area contributed by atoms with Crippen LogP contribution in [0.3, 0.4) is 0 Å². The summed E-state index contributed by atoms with van der Waals surface area (Å²) in [7, 11) is 0. The summed E-state index contributed by atoms with van der Waals surface area (Å²) >= 11 is 0. The Morgan fingerprint density at radius 2 is 1.29 bits per heavy atom. The Morgan fingerprint density at radius 1 is 0.810 bits per heavy atom. The number of alkyl halides is 2. The van der Waals surface area contributed by atoms with E-state index >= 15 is 0 Å². The van der Waals surface area contributed by atoms with Gasteiger partial charge in [-0.1, -0.05) is 24.3 Å². The highest BCUT2D eigenvalue weighted by molar-refractivity contribution is 5.30. The summed E-state index contributed by atoms with van der Waals surface area (Å²) in [5.41, 5.74) is 2.30. The van der Waals surface area contributed by atoms with Gasteiger partial charge in [0, 0.05) is 0 Å². The maximum Gasteiger partial charge on any atom is 0.387 e. The molecule has 0 unspecified atom stereocenters. The Kier molecular flexibility index (Phi) is 5.55. The van der Waals surface area contributed by atoms with Crippen LogP contribution in [0.5, 0.6) is 11.5 Å². The minimum Gasteiger partial charge on any atom is -0.494 e. The van der Waals surface area contributed by atoms with Gasteiger partial charge in [-0.05, 0) is 55.2 Å². The summed E-state index contributed by atoms with van der Waals surface area (Å²) in [5, 5.41) is 0. The highest BCUT2D eigenvalue weighted by Gasteiger charge is 2.04. The predicted octanol–water partition coefficient (Wildman–Crippen LogP) is 4.47. The van der Waals surface area contributed by atoms with E-state index in [4.69, 9.17) is 4.74 Å². The molecule has 0 aliphatic heterocycles. The van der Waals surface area contributed by atoms with Crippen molar-refractivity contribution in [3.8, 4) is 11.5 Å². The monoisotopic (exact) mass is 292 g/mol. The van der Waals surface area contributed by atoms with Crippen LogP contribution >= 0.6 is 0 Å². The van der Waals surface area contributed by atoms with Crippen LogP contribution in [0.25, 0.3) is 0 Å². The SMILES string of the molecule is CCOc1ccc(CCc2ccc(OC(F)F)cc2)cc1. The van der Waals surface area contributed by atoms with Crippen LogP contribution in [0.4, 0.5) is 8.78 Å². The lowest BCUT2D eigenvalue weighted by Crippen LogP contribution is -2.01. The van der Waals surface area contributed by atoms with Crippen molar-refractivity contribution in [2.24, 2.45) is 0 Å². The van der Waals surface area contributed by atoms with Gasteiger partial charge in [0.15, 0.2) is 0 Å². The molecule has 2 aromatic carbocycles. The van der Waals surface area contributed by atoms with Crippen molar-refractivity contribution in [1.82, 2.24) is 0 Å². The number of halogens is 2. The highest BCUT2D eigenvalue weighted by atomic mass is 19.3. The third-order valence-electron chi connectivity index (χ3n) is 3.09. The average molecular weight is 292 g/mol. The molecule has 0 N–H and O–H groups in total. The lowest BCUT2D eigenvalue weighted by Gasteiger charge is -2.07. The molecule has 0 saturated carbocycles. The van der Waals surface area contributed by atoms with Gasteiger partial charge in [-0.15, -0.1) is 0 Å². The van der Waals surface area contributed by atoms with E-state index in [2.05, 4.69) is 4.74 Å². The van der Waals surface area contributed by atoms with Crippen molar-refractivity contribution in [2.75, 3.05) is 6.61 Å². The average Bonchev–Trinajstić information content (AvgIpc) is 2.48. The molecule has 0 bridgehead atoms. The number of aryl methyl sites for hydroxylation is 2. The Hall–Kier alpha value is -2.10. The van der Waals surface area contributed by atoms with Crippen LogP contribution < -0.4 is 9.47 Å². The summed E-state index contributed by atoms with van der Waals surface area (Å²) in [5.74, 6) is 1.06. The Morgan fingerprint density at radius 3 is 1.71 bits per heavy atom. The lowest BCUT2D eigenvalue weighted by molar-refractivity contribution is -0.0498. The first-order valence-electron chi connectivity index (χ1n) is 6.93. The van der Waals surface area contributed by atoms with E-state index in [1.54, 1.807) is 12.1 Å². The third kappa shape index (κ3) is 5.06. The highest BCUT2D eigenvalue weighted by Crippen LogP contribution is 2.17. The molecule has 0 aliphatic carbocycles. The van der Waals surface area contributed by atoms with E-state index in [0.29, 0.717) is 6.61 Å². The molecule has 0 heterocycles. The zero-order valence-corrected chi connectivity index (χ0v) is 11.9. The molecule has 0 saturated heterocycles. The molecule has 0 aromatic heterocycles. The smallest absolute Gasteiger partial charge is 0.387 e. The first-order chi connectivity index (χ1) is 10.2. The fourth-order valence-corrected chi connectivity index (χ4v) is 2.05. The molecular weight excluding hydrogens is 274 g/mol. The van der Waals surface area contributed by atoms with Gasteiger partial charge in [0.2, 0.25) is 0 Å². The van der Waals surface area contributed by atoms with Gasteiger partial charge in [-0.2, -0.15) is 8.78 Å². The lowest BCUT2D eigenvalue weighted by atomic mass is 10.0. The maximum absolute atomic E-state index is 12.0. The summed E-state index contributed by atoms with van der Waals surface area (Å²) in [6.07, 6.45) is 1.74. The van der Waals surface area contributed by atoms with Crippen molar-refractivity contribution >= 4 is 0 Å². The minimum atomic E-state index is -2.78. The number of benzene rings is 2. The van der Waals surface area contributed by atoms with Crippen LogP contribution in [0.15, 0.2) is 48.5 Å². The molecule has 2 aromatic rings. The number of hydrogen-bond donors (Lipinski definition) is 0. The summed E-state index contributed by atoms with van der Waals surface area (Å²) in [4.78, 5) is 0. The van der Waals surface area contributed by atoms with E-state index in [-0.39, 0.29) is 5.75 Å². The zero-order valence-electron chi connectivity index (χ0n) is 11.9. The van der Waals surface area contributed by atoms with E-state index in [9.17, 15) is 8.78 Å². The Bertz CT molecular complexity index is 536. The summed E-state index contributed by atoms with van der Waals surface area (Å²) in [6, 6.07) is 14.8. The van der Waals surface area contributed by atoms with Crippen molar-refractivity contribution in [1.29, 1.82) is 0 Å². The van der Waals surface area contributed by atoms with Crippen LogP contribution in [-0.4, -0.2) is 13.2 Å². The second-order valence-electron chi connectivity index (χ2n) is 4.60. The van der Waals surface area contributed by atoms with Gasteiger partial charge in [0.05, 0.1) is 6.61 Å². The topological polar surface area (TPSA) is 18.5 Å². The van der Waals surface area contributed by atoms with Gasteiger partial charge in [-0.3, -0.25) is 0 Å². The van der Waals surface area contributed by atoms with Crippen molar-refractivity contribution in [2.45, 2.75) is 26.4 Å². The molecule has 0 amide bonds. The second kappa shape index (κ2) is 7.62. The second-order valence-corrected chi connectivity index (χ2v) is 4.60. The predicted molar refractivity (Wildman–Crippen MR) is 78.1 cm³/mol. The molecule has 0 fully saturated rings. The van der Waals surface area contributed by atoms with Crippen molar-refractivity contribution < 1.29 is 18.3 Å². The minimum absolute atomic E-state index is 0.190. The van der Waals surface area contributed by atoms with E-state index in [0.717, 1.165) is 24.2 Å². The normalized spacial score (nSPS) is 10.7. The van der Waals surface area contributed by atoms with Crippen LogP contribution in [0.1, 0.15) is 18.1 Å². The third-order valence-corrected chi connectivity index (χ3v) is 3.09. The molecule has 21 heavy (non-hydrogen) atoms. The molecule has 0 spiro atoms. The fraction of sp³-hybridized carbons (Fsp3) is 0.294. The number of rotatable bonds is 7. The van der Waals surface area contributed by atoms with Gasteiger partial charge < -0.3 is 9.47 Å². The molecule has 0 atom stereocenters. The molecule has 112 valence electrons. The summed E-state index contributed by atoms with van der Waals surface area (Å²) < 4.78 is 33.8.